The first-order valence-electron chi connectivity index (χ1n) is 8.51. The Labute approximate surface area is 143 Å². The molecule has 1 N–H and O–H groups in total. The topological polar surface area (TPSA) is 39.0 Å². The first kappa shape index (κ1) is 16.4. The van der Waals surface area contributed by atoms with Gasteiger partial charge in [-0.1, -0.05) is 18.2 Å². The zero-order chi connectivity index (χ0) is 17.1. The number of fused-ring (bicyclic) bond motifs is 1. The van der Waals surface area contributed by atoms with Gasteiger partial charge in [0.2, 0.25) is 5.91 Å². The molecule has 3 aromatic rings. The van der Waals surface area contributed by atoms with Crippen LogP contribution in [0.25, 0.3) is 10.9 Å². The van der Waals surface area contributed by atoms with Gasteiger partial charge in [0.1, 0.15) is 0 Å². The molecule has 24 heavy (non-hydrogen) atoms. The fraction of sp³-hybridized carbons (Fsp3) is 0.350. The molecule has 4 nitrogen and oxygen atoms in total. The van der Waals surface area contributed by atoms with Crippen LogP contribution < -0.4 is 5.32 Å². The lowest BCUT2D eigenvalue weighted by atomic mass is 10.1. The maximum Gasteiger partial charge on any atom is 0.220 e. The average molecular weight is 323 g/mol. The largest absolute Gasteiger partial charge is 0.353 e. The lowest BCUT2D eigenvalue weighted by molar-refractivity contribution is -0.121. The van der Waals surface area contributed by atoms with E-state index in [1.54, 1.807) is 0 Å². The van der Waals surface area contributed by atoms with Gasteiger partial charge in [-0.05, 0) is 44.0 Å². The van der Waals surface area contributed by atoms with Crippen LogP contribution in [0.3, 0.4) is 0 Å². The first-order valence-corrected chi connectivity index (χ1v) is 8.51. The van der Waals surface area contributed by atoms with Crippen LogP contribution in [-0.4, -0.2) is 15.0 Å². The molecule has 0 radical (unpaired) electrons. The number of rotatable bonds is 6. The van der Waals surface area contributed by atoms with E-state index in [1.165, 1.54) is 16.5 Å². The van der Waals surface area contributed by atoms with Crippen molar-refractivity contribution in [2.75, 3.05) is 0 Å². The third kappa shape index (κ3) is 3.37. The number of aryl methyl sites for hydroxylation is 2. The second-order valence-corrected chi connectivity index (χ2v) is 6.56. The van der Waals surface area contributed by atoms with E-state index in [4.69, 9.17) is 0 Å². The molecule has 0 aliphatic carbocycles. The highest BCUT2D eigenvalue weighted by Gasteiger charge is 2.11. The van der Waals surface area contributed by atoms with E-state index >= 15 is 0 Å². The Morgan fingerprint density at radius 3 is 2.67 bits per heavy atom. The summed E-state index contributed by atoms with van der Waals surface area (Å²) in [5.41, 5.74) is 3.60. The Bertz CT molecular complexity index is 842. The Kier molecular flexibility index (Phi) is 4.74. The Hall–Kier alpha value is -2.49. The fourth-order valence-corrected chi connectivity index (χ4v) is 3.11. The number of carbonyl (C=O) groups is 1. The number of para-hydroxylation sites is 1. The molecular weight excluding hydrogens is 298 g/mol. The Balaban J connectivity index is 1.65. The highest BCUT2D eigenvalue weighted by molar-refractivity contribution is 5.85. The predicted molar refractivity (Wildman–Crippen MR) is 97.9 cm³/mol. The van der Waals surface area contributed by atoms with Gasteiger partial charge in [-0.25, -0.2) is 0 Å². The predicted octanol–water partition coefficient (Wildman–Crippen LogP) is 3.81. The summed E-state index contributed by atoms with van der Waals surface area (Å²) >= 11 is 0. The number of amides is 1. The van der Waals surface area contributed by atoms with Crippen LogP contribution in [0.15, 0.2) is 48.8 Å². The molecule has 2 aromatic heterocycles. The second-order valence-electron chi connectivity index (χ2n) is 6.56. The third-order valence-corrected chi connectivity index (χ3v) is 4.52. The van der Waals surface area contributed by atoms with Gasteiger partial charge in [0.15, 0.2) is 0 Å². The number of hydrogen-bond donors (Lipinski definition) is 1. The summed E-state index contributed by atoms with van der Waals surface area (Å²) in [5, 5.41) is 4.26. The zero-order valence-corrected chi connectivity index (χ0v) is 14.6. The molecule has 0 fully saturated rings. The molecular formula is C20H25N3O. The number of nitrogens with one attached hydrogen (secondary N) is 1. The first-order chi connectivity index (χ1) is 11.6. The van der Waals surface area contributed by atoms with E-state index < -0.39 is 0 Å². The summed E-state index contributed by atoms with van der Waals surface area (Å²) in [6.07, 6.45) is 5.46. The summed E-state index contributed by atoms with van der Waals surface area (Å²) in [6, 6.07) is 12.8. The van der Waals surface area contributed by atoms with E-state index in [1.807, 2.05) is 29.9 Å². The molecule has 3 rings (SSSR count). The highest BCUT2D eigenvalue weighted by atomic mass is 16.1. The van der Waals surface area contributed by atoms with Gasteiger partial charge in [-0.15, -0.1) is 0 Å². The number of benzene rings is 1. The SMILES string of the molecule is CC(C)n1cc(CCC(=O)NCc2cccn2C)c2ccccc21. The van der Waals surface area contributed by atoms with Gasteiger partial charge in [0.05, 0.1) is 6.54 Å². The van der Waals surface area contributed by atoms with Crippen LogP contribution in [-0.2, 0) is 24.8 Å². The lowest BCUT2D eigenvalue weighted by Gasteiger charge is -2.08. The number of hydrogen-bond acceptors (Lipinski definition) is 1. The molecule has 0 atom stereocenters. The Morgan fingerprint density at radius 1 is 1.17 bits per heavy atom. The summed E-state index contributed by atoms with van der Waals surface area (Å²) in [4.78, 5) is 12.2. The molecule has 4 heteroatoms. The van der Waals surface area contributed by atoms with Crippen LogP contribution in [0.2, 0.25) is 0 Å². The van der Waals surface area contributed by atoms with Crippen LogP contribution in [0.4, 0.5) is 0 Å². The zero-order valence-electron chi connectivity index (χ0n) is 14.6. The minimum Gasteiger partial charge on any atom is -0.353 e. The number of aromatic nitrogens is 2. The van der Waals surface area contributed by atoms with E-state index in [2.05, 4.69) is 54.2 Å². The van der Waals surface area contributed by atoms with Crippen molar-refractivity contribution >= 4 is 16.8 Å². The van der Waals surface area contributed by atoms with Crippen molar-refractivity contribution < 1.29 is 4.79 Å². The quantitative estimate of drug-likeness (QED) is 0.736. The summed E-state index contributed by atoms with van der Waals surface area (Å²) < 4.78 is 4.31. The molecule has 0 aliphatic heterocycles. The van der Waals surface area contributed by atoms with Crippen molar-refractivity contribution in [3.63, 3.8) is 0 Å². The summed E-state index contributed by atoms with van der Waals surface area (Å²) in [5.74, 6) is 0.0950. The van der Waals surface area contributed by atoms with Crippen LogP contribution in [0.5, 0.6) is 0 Å². The molecule has 0 aliphatic rings. The molecule has 0 saturated heterocycles. The van der Waals surface area contributed by atoms with Crippen molar-refractivity contribution in [2.45, 2.75) is 39.3 Å². The van der Waals surface area contributed by atoms with Gasteiger partial charge in [-0.2, -0.15) is 0 Å². The van der Waals surface area contributed by atoms with Gasteiger partial charge < -0.3 is 14.5 Å². The molecule has 1 amide bonds. The van der Waals surface area contributed by atoms with Crippen molar-refractivity contribution in [1.82, 2.24) is 14.5 Å². The molecule has 126 valence electrons. The normalized spacial score (nSPS) is 11.3. The number of nitrogens with zero attached hydrogens (tertiary/aromatic N) is 2. The highest BCUT2D eigenvalue weighted by Crippen LogP contribution is 2.25. The van der Waals surface area contributed by atoms with Gasteiger partial charge >= 0.3 is 0 Å². The van der Waals surface area contributed by atoms with E-state index in [-0.39, 0.29) is 5.91 Å². The molecule has 1 aromatic carbocycles. The lowest BCUT2D eigenvalue weighted by Crippen LogP contribution is -2.24. The maximum absolute atomic E-state index is 12.2. The van der Waals surface area contributed by atoms with Crippen LogP contribution in [0, 0.1) is 0 Å². The van der Waals surface area contributed by atoms with E-state index in [0.717, 1.165) is 12.1 Å². The van der Waals surface area contributed by atoms with Gasteiger partial charge in [0.25, 0.3) is 0 Å². The fourth-order valence-electron chi connectivity index (χ4n) is 3.11. The van der Waals surface area contributed by atoms with Gasteiger partial charge in [0, 0.05) is 48.5 Å². The van der Waals surface area contributed by atoms with E-state index in [9.17, 15) is 4.79 Å². The Morgan fingerprint density at radius 2 is 1.96 bits per heavy atom. The molecule has 0 spiro atoms. The van der Waals surface area contributed by atoms with Gasteiger partial charge in [-0.3, -0.25) is 4.79 Å². The average Bonchev–Trinajstić information content (AvgIpc) is 3.14. The summed E-state index contributed by atoms with van der Waals surface area (Å²) in [6.45, 7) is 4.95. The molecule has 0 unspecified atom stereocenters. The standard InChI is InChI=1S/C20H25N3O/c1-15(2)23-14-16(18-8-4-5-9-19(18)23)10-11-20(24)21-13-17-7-6-12-22(17)3/h4-9,12,14-15H,10-11,13H2,1-3H3,(H,21,24). The van der Waals surface area contributed by atoms with Crippen molar-refractivity contribution in [2.24, 2.45) is 7.05 Å². The molecule has 2 heterocycles. The molecule has 0 saturated carbocycles. The maximum atomic E-state index is 12.2. The second kappa shape index (κ2) is 6.95. The minimum atomic E-state index is 0.0950. The monoisotopic (exact) mass is 323 g/mol. The summed E-state index contributed by atoms with van der Waals surface area (Å²) in [7, 11) is 1.99. The van der Waals surface area contributed by atoms with Crippen molar-refractivity contribution in [3.05, 3.63) is 60.0 Å². The van der Waals surface area contributed by atoms with Crippen molar-refractivity contribution in [1.29, 1.82) is 0 Å². The minimum absolute atomic E-state index is 0.0950. The van der Waals surface area contributed by atoms with Crippen molar-refractivity contribution in [3.8, 4) is 0 Å². The van der Waals surface area contributed by atoms with E-state index in [0.29, 0.717) is 19.0 Å². The smallest absolute Gasteiger partial charge is 0.220 e. The van der Waals surface area contributed by atoms with Crippen LogP contribution in [0.1, 0.15) is 37.6 Å². The number of carbonyl (C=O) groups excluding carboxylic acids is 1. The molecule has 0 bridgehead atoms. The van der Waals surface area contributed by atoms with Crippen LogP contribution >= 0.6 is 0 Å². The third-order valence-electron chi connectivity index (χ3n) is 4.52.